The average molecular weight is 486 g/mol. The van der Waals surface area contributed by atoms with Gasteiger partial charge in [0.05, 0.1) is 5.37 Å². The molecule has 3 heteroatoms. The van der Waals surface area contributed by atoms with Gasteiger partial charge in [-0.15, -0.1) is 11.8 Å². The Bertz CT molecular complexity index is 395. The van der Waals surface area contributed by atoms with Crippen molar-refractivity contribution < 1.29 is 0 Å². The normalized spacial score (nSPS) is 23.0. The lowest BCUT2D eigenvalue weighted by molar-refractivity contribution is 0.283. The van der Waals surface area contributed by atoms with Crippen molar-refractivity contribution >= 4 is 23.5 Å². The zero-order chi connectivity index (χ0) is 23.4. The summed E-state index contributed by atoms with van der Waals surface area (Å²) >= 11 is 4.43. The lowest BCUT2D eigenvalue weighted by Crippen LogP contribution is -2.42. The molecule has 1 aliphatic heterocycles. The molecule has 1 saturated heterocycles. The Kier molecular flexibility index (Phi) is 20.1. The van der Waals surface area contributed by atoms with E-state index in [2.05, 4.69) is 51.0 Å². The summed E-state index contributed by atoms with van der Waals surface area (Å²) in [5, 5.41) is 5.89. The van der Waals surface area contributed by atoms with Crippen LogP contribution in [0.4, 0.5) is 0 Å². The summed E-state index contributed by atoms with van der Waals surface area (Å²) in [5.74, 6) is 3.10. The monoisotopic (exact) mass is 485 g/mol. The molecule has 5 unspecified atom stereocenters. The topological polar surface area (TPSA) is 12.0 Å². The standard InChI is InChI=1S/C29H59NS2/c1-6-10-14-17-21-26(20-16-12-8-3)29-30-28(25(19-13-9-4)23-24-31-5)27(32-29)22-18-15-11-7-2/h25-30H,6-24H2,1-5H3. The summed E-state index contributed by atoms with van der Waals surface area (Å²) in [6.07, 6.45) is 27.7. The highest BCUT2D eigenvalue weighted by atomic mass is 32.2. The number of hydrogen-bond donors (Lipinski definition) is 1. The zero-order valence-corrected chi connectivity index (χ0v) is 24.3. The molecule has 1 aliphatic rings. The number of unbranched alkanes of at least 4 members (excludes halogenated alkanes) is 9. The molecule has 0 bridgehead atoms. The number of nitrogens with one attached hydrogen (secondary N) is 1. The van der Waals surface area contributed by atoms with E-state index in [4.69, 9.17) is 0 Å². The van der Waals surface area contributed by atoms with E-state index in [0.29, 0.717) is 5.37 Å². The number of rotatable bonds is 22. The Morgan fingerprint density at radius 2 is 1.22 bits per heavy atom. The second-order valence-electron chi connectivity index (χ2n) is 10.4. The Morgan fingerprint density at radius 3 is 1.84 bits per heavy atom. The predicted octanol–water partition coefficient (Wildman–Crippen LogP) is 10.1. The second kappa shape index (κ2) is 21.0. The van der Waals surface area contributed by atoms with Crippen LogP contribution >= 0.6 is 23.5 Å². The minimum atomic E-state index is 0.716. The number of thioether (sulfide) groups is 2. The third-order valence-corrected chi connectivity index (χ3v) is 9.92. The van der Waals surface area contributed by atoms with Crippen LogP contribution in [0.2, 0.25) is 0 Å². The first-order valence-corrected chi connectivity index (χ1v) is 17.0. The lowest BCUT2D eigenvalue weighted by Gasteiger charge is -2.29. The molecule has 1 nitrogen and oxygen atoms in total. The molecule has 0 aromatic carbocycles. The molecule has 5 atom stereocenters. The molecule has 1 N–H and O–H groups in total. The molecule has 0 aliphatic carbocycles. The Labute approximate surface area is 212 Å². The van der Waals surface area contributed by atoms with E-state index in [1.807, 2.05) is 11.8 Å². The summed E-state index contributed by atoms with van der Waals surface area (Å²) < 4.78 is 0. The van der Waals surface area contributed by atoms with E-state index in [1.165, 1.54) is 121 Å². The van der Waals surface area contributed by atoms with Gasteiger partial charge in [0.2, 0.25) is 0 Å². The van der Waals surface area contributed by atoms with Crippen molar-refractivity contribution in [3.8, 4) is 0 Å². The van der Waals surface area contributed by atoms with E-state index in [0.717, 1.165) is 23.1 Å². The minimum Gasteiger partial charge on any atom is -0.301 e. The third kappa shape index (κ3) is 12.9. The van der Waals surface area contributed by atoms with E-state index in [-0.39, 0.29) is 0 Å². The zero-order valence-electron chi connectivity index (χ0n) is 22.6. The van der Waals surface area contributed by atoms with Gasteiger partial charge in [0, 0.05) is 11.3 Å². The molecule has 0 saturated carbocycles. The van der Waals surface area contributed by atoms with Gasteiger partial charge >= 0.3 is 0 Å². The van der Waals surface area contributed by atoms with Crippen LogP contribution in [0, 0.1) is 11.8 Å². The summed E-state index contributed by atoms with van der Waals surface area (Å²) in [6, 6.07) is 0.759. The molecular weight excluding hydrogens is 426 g/mol. The Balaban J connectivity index is 2.85. The minimum absolute atomic E-state index is 0.716. The largest absolute Gasteiger partial charge is 0.301 e. The molecule has 32 heavy (non-hydrogen) atoms. The van der Waals surface area contributed by atoms with Crippen molar-refractivity contribution in [2.24, 2.45) is 11.8 Å². The summed E-state index contributed by atoms with van der Waals surface area (Å²) in [6.45, 7) is 9.40. The summed E-state index contributed by atoms with van der Waals surface area (Å²) in [5.41, 5.74) is 0. The van der Waals surface area contributed by atoms with Crippen molar-refractivity contribution in [2.45, 2.75) is 160 Å². The maximum absolute atomic E-state index is 4.32. The summed E-state index contributed by atoms with van der Waals surface area (Å²) in [7, 11) is 0. The van der Waals surface area contributed by atoms with Crippen LogP contribution in [0.5, 0.6) is 0 Å². The van der Waals surface area contributed by atoms with E-state index in [9.17, 15) is 0 Å². The average Bonchev–Trinajstić information content (AvgIpc) is 3.22. The maximum atomic E-state index is 4.32. The molecule has 192 valence electrons. The molecule has 1 rings (SSSR count). The molecule has 0 amide bonds. The summed E-state index contributed by atoms with van der Waals surface area (Å²) in [4.78, 5) is 0. The van der Waals surface area contributed by atoms with Crippen LogP contribution in [0.15, 0.2) is 0 Å². The first-order chi connectivity index (χ1) is 15.7. The first-order valence-electron chi connectivity index (χ1n) is 14.6. The van der Waals surface area contributed by atoms with E-state index >= 15 is 0 Å². The SMILES string of the molecule is CCCCCCC(CCCCC)C1NC(C(CCCC)CCSC)C(CCCCCC)S1. The molecule has 0 aromatic heterocycles. The highest BCUT2D eigenvalue weighted by molar-refractivity contribution is 8.00. The molecule has 0 radical (unpaired) electrons. The van der Waals surface area contributed by atoms with Gasteiger partial charge < -0.3 is 5.32 Å². The quantitative estimate of drug-likeness (QED) is 0.153. The fourth-order valence-electron chi connectivity index (χ4n) is 5.49. The van der Waals surface area contributed by atoms with Gasteiger partial charge in [-0.2, -0.15) is 11.8 Å². The van der Waals surface area contributed by atoms with Gasteiger partial charge in [0.1, 0.15) is 0 Å². The van der Waals surface area contributed by atoms with Crippen molar-refractivity contribution in [2.75, 3.05) is 12.0 Å². The van der Waals surface area contributed by atoms with Gasteiger partial charge in [-0.05, 0) is 55.9 Å². The van der Waals surface area contributed by atoms with Crippen LogP contribution < -0.4 is 5.32 Å². The van der Waals surface area contributed by atoms with Crippen LogP contribution in [0.25, 0.3) is 0 Å². The van der Waals surface area contributed by atoms with Crippen molar-refractivity contribution in [3.63, 3.8) is 0 Å². The molecule has 0 aromatic rings. The third-order valence-electron chi connectivity index (χ3n) is 7.59. The van der Waals surface area contributed by atoms with Crippen LogP contribution in [-0.4, -0.2) is 28.7 Å². The fraction of sp³-hybridized carbons (Fsp3) is 1.00. The molecule has 1 fully saturated rings. The van der Waals surface area contributed by atoms with Crippen LogP contribution in [0.1, 0.15) is 143 Å². The predicted molar refractivity (Wildman–Crippen MR) is 153 cm³/mol. The molecule has 1 heterocycles. The van der Waals surface area contributed by atoms with Gasteiger partial charge in [0.25, 0.3) is 0 Å². The smallest absolute Gasteiger partial charge is 0.0566 e. The van der Waals surface area contributed by atoms with Crippen LogP contribution in [0.3, 0.4) is 0 Å². The van der Waals surface area contributed by atoms with Crippen molar-refractivity contribution in [1.82, 2.24) is 5.32 Å². The second-order valence-corrected chi connectivity index (χ2v) is 12.8. The van der Waals surface area contributed by atoms with Gasteiger partial charge in [-0.1, -0.05) is 111 Å². The van der Waals surface area contributed by atoms with Gasteiger partial charge in [0.15, 0.2) is 0 Å². The van der Waals surface area contributed by atoms with Crippen molar-refractivity contribution in [1.29, 1.82) is 0 Å². The Morgan fingerprint density at radius 1 is 0.656 bits per heavy atom. The highest BCUT2D eigenvalue weighted by Crippen LogP contribution is 2.42. The highest BCUT2D eigenvalue weighted by Gasteiger charge is 2.40. The van der Waals surface area contributed by atoms with E-state index in [1.54, 1.807) is 0 Å². The fourth-order valence-corrected chi connectivity index (χ4v) is 7.91. The maximum Gasteiger partial charge on any atom is 0.0566 e. The first kappa shape index (κ1) is 30.7. The van der Waals surface area contributed by atoms with E-state index < -0.39 is 0 Å². The molecule has 0 spiro atoms. The number of hydrogen-bond acceptors (Lipinski definition) is 3. The van der Waals surface area contributed by atoms with Crippen molar-refractivity contribution in [3.05, 3.63) is 0 Å². The van der Waals surface area contributed by atoms with Crippen LogP contribution in [-0.2, 0) is 0 Å². The van der Waals surface area contributed by atoms with Gasteiger partial charge in [-0.3, -0.25) is 0 Å². The Hall–Kier alpha value is 0.660. The van der Waals surface area contributed by atoms with Gasteiger partial charge in [-0.25, -0.2) is 0 Å². The molecular formula is C29H59NS2. The lowest BCUT2D eigenvalue weighted by atomic mass is 9.86.